The van der Waals surface area contributed by atoms with E-state index in [1.54, 1.807) is 6.20 Å². The molecule has 1 unspecified atom stereocenters. The molecule has 1 aromatic rings. The number of carbonyl (C=O) groups is 1. The molecule has 0 fully saturated rings. The lowest BCUT2D eigenvalue weighted by molar-refractivity contribution is 0.0457. The summed E-state index contributed by atoms with van der Waals surface area (Å²) >= 11 is 0. The molecule has 19 heavy (non-hydrogen) atoms. The molecule has 5 heteroatoms. The fourth-order valence-electron chi connectivity index (χ4n) is 1.57. The first-order valence-corrected chi connectivity index (χ1v) is 6.29. The number of hydrogen-bond acceptors (Lipinski definition) is 4. The Kier molecular flexibility index (Phi) is 4.52. The largest absolute Gasteiger partial charge is 0.444 e. The SMILES string of the molecule is CC(C)(C)OC(=O)NC(C)(C)C(N)c1ccccn1. The highest BCUT2D eigenvalue weighted by Gasteiger charge is 2.32. The van der Waals surface area contributed by atoms with Gasteiger partial charge in [-0.25, -0.2) is 4.79 Å². The van der Waals surface area contributed by atoms with Crippen LogP contribution in [0.15, 0.2) is 24.4 Å². The maximum absolute atomic E-state index is 11.8. The average molecular weight is 265 g/mol. The summed E-state index contributed by atoms with van der Waals surface area (Å²) in [4.78, 5) is 16.0. The van der Waals surface area contributed by atoms with Crippen LogP contribution in [0.5, 0.6) is 0 Å². The summed E-state index contributed by atoms with van der Waals surface area (Å²) in [7, 11) is 0. The molecule has 0 saturated carbocycles. The van der Waals surface area contributed by atoms with Crippen LogP contribution in [0.3, 0.4) is 0 Å². The van der Waals surface area contributed by atoms with Crippen molar-refractivity contribution >= 4 is 6.09 Å². The summed E-state index contributed by atoms with van der Waals surface area (Å²) in [6.45, 7) is 9.14. The van der Waals surface area contributed by atoms with Crippen molar-refractivity contribution < 1.29 is 9.53 Å². The molecule has 1 amide bonds. The van der Waals surface area contributed by atoms with Crippen LogP contribution < -0.4 is 11.1 Å². The first-order valence-electron chi connectivity index (χ1n) is 6.29. The van der Waals surface area contributed by atoms with Crippen molar-refractivity contribution in [1.82, 2.24) is 10.3 Å². The Morgan fingerprint density at radius 1 is 1.32 bits per heavy atom. The Hall–Kier alpha value is -1.62. The third kappa shape index (κ3) is 4.87. The molecule has 0 aliphatic rings. The number of hydrogen-bond donors (Lipinski definition) is 2. The van der Waals surface area contributed by atoms with Gasteiger partial charge in [-0.2, -0.15) is 0 Å². The van der Waals surface area contributed by atoms with Crippen molar-refractivity contribution in [3.8, 4) is 0 Å². The van der Waals surface area contributed by atoms with Crippen LogP contribution in [-0.2, 0) is 4.74 Å². The van der Waals surface area contributed by atoms with Crippen LogP contribution >= 0.6 is 0 Å². The van der Waals surface area contributed by atoms with E-state index in [1.807, 2.05) is 52.8 Å². The molecule has 0 aliphatic heterocycles. The average Bonchev–Trinajstić information content (AvgIpc) is 2.25. The zero-order chi connectivity index (χ0) is 14.7. The van der Waals surface area contributed by atoms with Crippen molar-refractivity contribution in [3.05, 3.63) is 30.1 Å². The Bertz CT molecular complexity index is 424. The van der Waals surface area contributed by atoms with E-state index in [-0.39, 0.29) is 0 Å². The van der Waals surface area contributed by atoms with Gasteiger partial charge in [-0.3, -0.25) is 4.98 Å². The maximum atomic E-state index is 11.8. The van der Waals surface area contributed by atoms with Gasteiger partial charge in [-0.15, -0.1) is 0 Å². The van der Waals surface area contributed by atoms with Gasteiger partial charge in [0.2, 0.25) is 0 Å². The number of pyridine rings is 1. The molecule has 1 aromatic heterocycles. The number of amides is 1. The van der Waals surface area contributed by atoms with E-state index in [9.17, 15) is 4.79 Å². The van der Waals surface area contributed by atoms with E-state index < -0.39 is 23.3 Å². The van der Waals surface area contributed by atoms with Crippen molar-refractivity contribution in [1.29, 1.82) is 0 Å². The number of nitrogens with two attached hydrogens (primary N) is 1. The highest BCUT2D eigenvalue weighted by molar-refractivity contribution is 5.68. The number of rotatable bonds is 3. The summed E-state index contributed by atoms with van der Waals surface area (Å²) in [5, 5.41) is 2.78. The molecule has 1 rings (SSSR count). The third-order valence-corrected chi connectivity index (χ3v) is 2.61. The predicted octanol–water partition coefficient (Wildman–Crippen LogP) is 2.38. The Balaban J connectivity index is 2.73. The van der Waals surface area contributed by atoms with Crippen LogP contribution in [0.2, 0.25) is 0 Å². The summed E-state index contributed by atoms with van der Waals surface area (Å²) < 4.78 is 5.23. The number of alkyl carbamates (subject to hydrolysis) is 1. The van der Waals surface area contributed by atoms with Crippen LogP contribution in [0.4, 0.5) is 4.79 Å². The van der Waals surface area contributed by atoms with Gasteiger partial charge in [0.15, 0.2) is 0 Å². The third-order valence-electron chi connectivity index (χ3n) is 2.61. The molecular weight excluding hydrogens is 242 g/mol. The van der Waals surface area contributed by atoms with Gasteiger partial charge in [-0.05, 0) is 46.8 Å². The van der Waals surface area contributed by atoms with Gasteiger partial charge >= 0.3 is 6.09 Å². The van der Waals surface area contributed by atoms with Gasteiger partial charge < -0.3 is 15.8 Å². The second-order valence-corrected chi connectivity index (χ2v) is 6.08. The van der Waals surface area contributed by atoms with Crippen LogP contribution in [0, 0.1) is 0 Å². The number of carbonyl (C=O) groups excluding carboxylic acids is 1. The topological polar surface area (TPSA) is 77.2 Å². The van der Waals surface area contributed by atoms with Crippen molar-refractivity contribution in [2.24, 2.45) is 5.73 Å². The van der Waals surface area contributed by atoms with Gasteiger partial charge in [0.25, 0.3) is 0 Å². The maximum Gasteiger partial charge on any atom is 0.408 e. The lowest BCUT2D eigenvalue weighted by atomic mass is 9.92. The number of ether oxygens (including phenoxy) is 1. The molecule has 0 saturated heterocycles. The Morgan fingerprint density at radius 2 is 1.95 bits per heavy atom. The number of aromatic nitrogens is 1. The molecule has 0 aromatic carbocycles. The summed E-state index contributed by atoms with van der Waals surface area (Å²) in [5.74, 6) is 0. The van der Waals surface area contributed by atoms with Crippen molar-refractivity contribution in [3.63, 3.8) is 0 Å². The monoisotopic (exact) mass is 265 g/mol. The predicted molar refractivity (Wildman–Crippen MR) is 74.6 cm³/mol. The highest BCUT2D eigenvalue weighted by atomic mass is 16.6. The Morgan fingerprint density at radius 3 is 2.42 bits per heavy atom. The molecule has 3 N–H and O–H groups in total. The molecule has 0 spiro atoms. The minimum Gasteiger partial charge on any atom is -0.444 e. The standard InChI is InChI=1S/C14H23N3O2/c1-13(2,3)19-12(18)17-14(4,5)11(15)10-8-6-7-9-16-10/h6-9,11H,15H2,1-5H3,(H,17,18). The van der Waals surface area contributed by atoms with Crippen molar-refractivity contribution in [2.45, 2.75) is 51.8 Å². The lowest BCUT2D eigenvalue weighted by Gasteiger charge is -2.33. The quantitative estimate of drug-likeness (QED) is 0.879. The summed E-state index contributed by atoms with van der Waals surface area (Å²) in [6, 6.07) is 5.11. The minimum absolute atomic E-state index is 0.416. The van der Waals surface area contributed by atoms with Crippen LogP contribution in [0.25, 0.3) is 0 Å². The van der Waals surface area contributed by atoms with Gasteiger partial charge in [-0.1, -0.05) is 6.07 Å². The smallest absolute Gasteiger partial charge is 0.408 e. The molecule has 0 bridgehead atoms. The first kappa shape index (κ1) is 15.4. The molecule has 106 valence electrons. The fraction of sp³-hybridized carbons (Fsp3) is 0.571. The molecular formula is C14H23N3O2. The zero-order valence-corrected chi connectivity index (χ0v) is 12.2. The lowest BCUT2D eigenvalue weighted by Crippen LogP contribution is -2.52. The number of nitrogens with zero attached hydrogens (tertiary/aromatic N) is 1. The molecule has 1 heterocycles. The fourth-order valence-corrected chi connectivity index (χ4v) is 1.57. The highest BCUT2D eigenvalue weighted by Crippen LogP contribution is 2.21. The zero-order valence-electron chi connectivity index (χ0n) is 12.2. The normalized spacial score (nSPS) is 13.8. The van der Waals surface area contributed by atoms with E-state index >= 15 is 0 Å². The summed E-state index contributed by atoms with van der Waals surface area (Å²) in [5.41, 5.74) is 5.69. The molecule has 0 aliphatic carbocycles. The first-order chi connectivity index (χ1) is 8.62. The van der Waals surface area contributed by atoms with E-state index in [1.165, 1.54) is 0 Å². The van der Waals surface area contributed by atoms with Crippen LogP contribution in [-0.4, -0.2) is 22.2 Å². The van der Waals surface area contributed by atoms with Crippen LogP contribution in [0.1, 0.15) is 46.4 Å². The van der Waals surface area contributed by atoms with Crippen molar-refractivity contribution in [2.75, 3.05) is 0 Å². The Labute approximate surface area is 114 Å². The van der Waals surface area contributed by atoms with Gasteiger partial charge in [0, 0.05) is 6.20 Å². The minimum atomic E-state index is -0.656. The van der Waals surface area contributed by atoms with E-state index in [0.717, 1.165) is 5.69 Å². The second-order valence-electron chi connectivity index (χ2n) is 6.08. The van der Waals surface area contributed by atoms with E-state index in [0.29, 0.717) is 0 Å². The van der Waals surface area contributed by atoms with E-state index in [4.69, 9.17) is 10.5 Å². The molecule has 5 nitrogen and oxygen atoms in total. The molecule has 0 radical (unpaired) electrons. The number of nitrogens with one attached hydrogen (secondary N) is 1. The summed E-state index contributed by atoms with van der Waals surface area (Å²) in [6.07, 6.45) is 1.20. The van der Waals surface area contributed by atoms with Gasteiger partial charge in [0.05, 0.1) is 17.3 Å². The van der Waals surface area contributed by atoms with Gasteiger partial charge in [0.1, 0.15) is 5.60 Å². The molecule has 1 atom stereocenters. The van der Waals surface area contributed by atoms with E-state index in [2.05, 4.69) is 10.3 Å². The second kappa shape index (κ2) is 5.57.